The number of hydrogen-bond donors (Lipinski definition) is 0. The van der Waals surface area contributed by atoms with E-state index in [0.717, 1.165) is 23.3 Å². The van der Waals surface area contributed by atoms with Crippen molar-refractivity contribution in [1.82, 2.24) is 0 Å². The fraction of sp³-hybridized carbons (Fsp3) is 0.436. The van der Waals surface area contributed by atoms with Crippen molar-refractivity contribution in [2.24, 2.45) is 0 Å². The predicted octanol–water partition coefficient (Wildman–Crippen LogP) is 10.5. The standard InChI is InChI=1S/C33H38O3Si.6CH3.2Sn/c1-4-37(5-2,6-3)36-21-15-9-14-20-31-22-32(27-34-25-29-16-10-7-11-17-29)24-33(23-31)28-35-26-30-18-12-8-13-19-30;;;;;;;;/h7-8,10-13,16-19,22-24H,4-6,21,25-28H2,1-3H3;6*1H3;;. The van der Waals surface area contributed by atoms with Crippen molar-refractivity contribution in [2.75, 3.05) is 6.61 Å². The van der Waals surface area contributed by atoms with E-state index < -0.39 is 45.1 Å². The average molecular weight is 838 g/mol. The fourth-order valence-corrected chi connectivity index (χ4v) is 30.7. The number of ether oxygens (including phenoxy) is 2. The molecule has 0 aromatic heterocycles. The van der Waals surface area contributed by atoms with E-state index in [1.165, 1.54) is 32.8 Å². The number of benzene rings is 3. The SMILES string of the molecule is CC[Si](CC)(CC)OC/[C](=[C](/C#Cc1cc(COCc2ccccc2)cc(COCc2ccccc2)c1)[Sn]([CH3])([CH3])[CH3])[Sn]([CH3])([CH3])[CH3]. The molecule has 0 aliphatic heterocycles. The Morgan fingerprint density at radius 1 is 0.600 bits per heavy atom. The topological polar surface area (TPSA) is 27.7 Å². The van der Waals surface area contributed by atoms with Gasteiger partial charge in [-0.3, -0.25) is 0 Å². The molecule has 0 aliphatic carbocycles. The minimum absolute atomic E-state index is 0.534. The Hall–Kier alpha value is -1.35. The second-order valence-electron chi connectivity index (χ2n) is 14.1. The Balaban J connectivity index is 1.96. The molecule has 0 atom stereocenters. The van der Waals surface area contributed by atoms with Gasteiger partial charge in [0.15, 0.2) is 0 Å². The Morgan fingerprint density at radius 2 is 1.04 bits per heavy atom. The molecule has 0 bridgehead atoms. The minimum atomic E-state index is -2.60. The van der Waals surface area contributed by atoms with Crippen LogP contribution in [0.4, 0.5) is 0 Å². The van der Waals surface area contributed by atoms with Crippen molar-refractivity contribution in [3.63, 3.8) is 0 Å². The molecule has 0 saturated heterocycles. The van der Waals surface area contributed by atoms with E-state index in [1.807, 2.05) is 12.1 Å². The van der Waals surface area contributed by atoms with Crippen molar-refractivity contribution in [3.05, 3.63) is 114 Å². The van der Waals surface area contributed by atoms with Gasteiger partial charge in [0.1, 0.15) is 0 Å². The third kappa shape index (κ3) is 12.6. The van der Waals surface area contributed by atoms with E-state index in [2.05, 4.69) is 129 Å². The summed E-state index contributed by atoms with van der Waals surface area (Å²) in [4.78, 5) is 15.1. The van der Waals surface area contributed by atoms with Gasteiger partial charge in [-0.2, -0.15) is 0 Å². The summed E-state index contributed by atoms with van der Waals surface area (Å²) in [5.41, 5.74) is 5.65. The molecule has 3 aromatic rings. The molecule has 0 saturated carbocycles. The zero-order valence-electron chi connectivity index (χ0n) is 29.4. The molecule has 3 nitrogen and oxygen atoms in total. The van der Waals surface area contributed by atoms with Crippen LogP contribution in [0.2, 0.25) is 47.8 Å². The number of allylic oxidation sites excluding steroid dienone is 1. The van der Waals surface area contributed by atoms with Crippen LogP contribution in [-0.2, 0) is 40.3 Å². The molecule has 0 spiro atoms. The van der Waals surface area contributed by atoms with E-state index in [-0.39, 0.29) is 0 Å². The fourth-order valence-electron chi connectivity index (χ4n) is 5.52. The first kappa shape index (κ1) is 38.1. The molecule has 242 valence electrons. The van der Waals surface area contributed by atoms with Crippen molar-refractivity contribution in [2.45, 2.75) is 95.0 Å². The van der Waals surface area contributed by atoms with Crippen LogP contribution in [0.3, 0.4) is 0 Å². The molecule has 3 rings (SSSR count). The monoisotopic (exact) mass is 840 g/mol. The van der Waals surface area contributed by atoms with Gasteiger partial charge in [0.25, 0.3) is 0 Å². The summed E-state index contributed by atoms with van der Waals surface area (Å²) < 4.78 is 22.4. The van der Waals surface area contributed by atoms with Crippen molar-refractivity contribution in [1.29, 1.82) is 0 Å². The van der Waals surface area contributed by atoms with Gasteiger partial charge in [0.05, 0.1) is 0 Å². The Kier molecular flexibility index (Phi) is 15.5. The molecular formula is C39H56O3SiSn2. The van der Waals surface area contributed by atoms with Crippen LogP contribution in [0.1, 0.15) is 48.6 Å². The van der Waals surface area contributed by atoms with Gasteiger partial charge in [0, 0.05) is 0 Å². The van der Waals surface area contributed by atoms with Gasteiger partial charge in [-0.05, 0) is 0 Å². The van der Waals surface area contributed by atoms with Crippen molar-refractivity contribution in [3.8, 4) is 11.8 Å². The Morgan fingerprint density at radius 3 is 1.44 bits per heavy atom. The summed E-state index contributed by atoms with van der Waals surface area (Å²) in [6.07, 6.45) is 0. The first-order valence-electron chi connectivity index (χ1n) is 16.7. The molecule has 0 heterocycles. The van der Waals surface area contributed by atoms with Crippen LogP contribution in [0.25, 0.3) is 0 Å². The summed E-state index contributed by atoms with van der Waals surface area (Å²) in [6, 6.07) is 30.9. The van der Waals surface area contributed by atoms with Gasteiger partial charge in [0.2, 0.25) is 0 Å². The number of hydrogen-bond acceptors (Lipinski definition) is 3. The molecule has 0 unspecified atom stereocenters. The normalized spacial score (nSPS) is 12.8. The van der Waals surface area contributed by atoms with E-state index >= 15 is 0 Å². The molecule has 6 heteroatoms. The molecule has 3 aromatic carbocycles. The Labute approximate surface area is 284 Å². The van der Waals surface area contributed by atoms with Crippen molar-refractivity contribution >= 4 is 45.1 Å². The van der Waals surface area contributed by atoms with Crippen LogP contribution >= 0.6 is 0 Å². The third-order valence-electron chi connectivity index (χ3n) is 8.56. The van der Waals surface area contributed by atoms with Gasteiger partial charge in [-0.15, -0.1) is 0 Å². The zero-order valence-corrected chi connectivity index (χ0v) is 36.1. The van der Waals surface area contributed by atoms with Crippen molar-refractivity contribution < 1.29 is 13.9 Å². The van der Waals surface area contributed by atoms with E-state index in [9.17, 15) is 0 Å². The first-order valence-corrected chi connectivity index (χ1v) is 39.2. The van der Waals surface area contributed by atoms with Crippen LogP contribution in [-0.4, -0.2) is 51.7 Å². The maximum atomic E-state index is 6.96. The second kappa shape index (κ2) is 18.3. The predicted molar refractivity (Wildman–Crippen MR) is 200 cm³/mol. The van der Waals surface area contributed by atoms with Crippen LogP contribution < -0.4 is 0 Å². The molecule has 0 N–H and O–H groups in total. The van der Waals surface area contributed by atoms with Gasteiger partial charge in [-0.25, -0.2) is 0 Å². The Bertz CT molecular complexity index is 1350. The summed E-state index contributed by atoms with van der Waals surface area (Å²) >= 11 is -5.12. The molecular weight excluding hydrogens is 782 g/mol. The van der Waals surface area contributed by atoms with Crippen LogP contribution in [0.15, 0.2) is 86.0 Å². The average Bonchev–Trinajstić information content (AvgIpc) is 3.01. The van der Waals surface area contributed by atoms with E-state index in [0.29, 0.717) is 26.4 Å². The summed E-state index contributed by atoms with van der Waals surface area (Å²) in [5, 5.41) is 0. The molecule has 45 heavy (non-hydrogen) atoms. The number of rotatable bonds is 16. The molecule has 0 fully saturated rings. The van der Waals surface area contributed by atoms with Crippen LogP contribution in [0.5, 0.6) is 0 Å². The molecule has 0 aliphatic rings. The van der Waals surface area contributed by atoms with Gasteiger partial charge in [-0.1, -0.05) is 12.1 Å². The summed E-state index contributed by atoms with van der Waals surface area (Å²) in [7, 11) is -1.69. The van der Waals surface area contributed by atoms with E-state index in [4.69, 9.17) is 13.9 Å². The quantitative estimate of drug-likeness (QED) is 0.106. The first-order chi connectivity index (χ1) is 21.4. The maximum absolute atomic E-state index is 6.96. The molecule has 0 radical (unpaired) electrons. The third-order valence-corrected chi connectivity index (χ3v) is 27.0. The summed E-state index contributed by atoms with van der Waals surface area (Å²) in [5.74, 6) is 7.48. The zero-order chi connectivity index (χ0) is 32.9. The van der Waals surface area contributed by atoms with Gasteiger partial charge < -0.3 is 0 Å². The van der Waals surface area contributed by atoms with Gasteiger partial charge >= 0.3 is 274 Å². The molecule has 0 amide bonds. The van der Waals surface area contributed by atoms with E-state index in [1.54, 1.807) is 3.59 Å². The van der Waals surface area contributed by atoms with Crippen LogP contribution in [0, 0.1) is 11.8 Å². The second-order valence-corrected chi connectivity index (χ2v) is 47.7. The summed E-state index contributed by atoms with van der Waals surface area (Å²) in [6.45, 7) is 10.0.